The van der Waals surface area contributed by atoms with Crippen molar-refractivity contribution in [1.29, 1.82) is 0 Å². The van der Waals surface area contributed by atoms with Crippen LogP contribution < -0.4 is 4.90 Å². The minimum absolute atomic E-state index is 0.196. The molecule has 26 heavy (non-hydrogen) atoms. The molecule has 3 aromatic rings. The predicted molar refractivity (Wildman–Crippen MR) is 109 cm³/mol. The Kier molecular flexibility index (Phi) is 4.66. The van der Waals surface area contributed by atoms with E-state index in [9.17, 15) is 8.42 Å². The van der Waals surface area contributed by atoms with Gasteiger partial charge in [0.1, 0.15) is 5.82 Å². The van der Waals surface area contributed by atoms with Crippen LogP contribution in [-0.4, -0.2) is 43.2 Å². The summed E-state index contributed by atoms with van der Waals surface area (Å²) >= 11 is 2.15. The van der Waals surface area contributed by atoms with E-state index in [1.54, 1.807) is 36.5 Å². The van der Waals surface area contributed by atoms with Gasteiger partial charge in [-0.05, 0) is 53.8 Å². The van der Waals surface area contributed by atoms with E-state index >= 15 is 0 Å². The molecule has 0 unspecified atom stereocenters. The summed E-state index contributed by atoms with van der Waals surface area (Å²) in [6.45, 7) is 4.10. The average Bonchev–Trinajstić information content (AvgIpc) is 3.00. The first-order chi connectivity index (χ1) is 12.5. The van der Waals surface area contributed by atoms with Crippen LogP contribution in [0.25, 0.3) is 11.0 Å². The molecule has 1 saturated heterocycles. The van der Waals surface area contributed by atoms with E-state index in [1.165, 1.54) is 3.97 Å². The Hall–Kier alpha value is -1.65. The van der Waals surface area contributed by atoms with E-state index in [0.29, 0.717) is 18.9 Å². The molecule has 6 nitrogen and oxygen atoms in total. The molecule has 0 aliphatic carbocycles. The highest BCUT2D eigenvalue weighted by atomic mass is 127. The lowest BCUT2D eigenvalue weighted by Crippen LogP contribution is -2.44. The summed E-state index contributed by atoms with van der Waals surface area (Å²) in [6.07, 6.45) is 1.63. The van der Waals surface area contributed by atoms with Gasteiger partial charge in [0, 0.05) is 21.7 Å². The first-order valence-corrected chi connectivity index (χ1v) is 10.8. The smallest absolute Gasteiger partial charge is 0.269 e. The summed E-state index contributed by atoms with van der Waals surface area (Å²) in [5, 5.41) is 0.828. The average molecular weight is 483 g/mol. The van der Waals surface area contributed by atoms with Crippen LogP contribution >= 0.6 is 22.6 Å². The first kappa shape index (κ1) is 17.7. The Morgan fingerprint density at radius 1 is 1.19 bits per heavy atom. The molecule has 1 aromatic carbocycles. The fraction of sp³-hybridized carbons (Fsp3) is 0.278. The molecule has 0 spiro atoms. The van der Waals surface area contributed by atoms with Crippen LogP contribution in [0.3, 0.4) is 0 Å². The molecule has 3 heterocycles. The number of benzene rings is 1. The van der Waals surface area contributed by atoms with Crippen molar-refractivity contribution < 1.29 is 13.2 Å². The van der Waals surface area contributed by atoms with Crippen LogP contribution in [0.1, 0.15) is 6.92 Å². The third-order valence-corrected chi connectivity index (χ3v) is 7.04. The number of aromatic nitrogens is 2. The molecule has 0 saturated carbocycles. The Labute approximate surface area is 166 Å². The second kappa shape index (κ2) is 6.82. The zero-order chi connectivity index (χ0) is 18.3. The molecule has 1 aliphatic heterocycles. The molecule has 2 aromatic heterocycles. The topological polar surface area (TPSA) is 64.4 Å². The molecule has 1 atom stereocenters. The van der Waals surface area contributed by atoms with E-state index in [-0.39, 0.29) is 10.9 Å². The zero-order valence-corrected chi connectivity index (χ0v) is 17.1. The monoisotopic (exact) mass is 483 g/mol. The number of rotatable bonds is 3. The van der Waals surface area contributed by atoms with Crippen molar-refractivity contribution in [1.82, 2.24) is 8.96 Å². The van der Waals surface area contributed by atoms with Crippen molar-refractivity contribution in [3.63, 3.8) is 0 Å². The van der Waals surface area contributed by atoms with Crippen LogP contribution in [0.2, 0.25) is 0 Å². The fourth-order valence-electron chi connectivity index (χ4n) is 3.14. The Morgan fingerprint density at radius 2 is 1.96 bits per heavy atom. The molecule has 0 radical (unpaired) electrons. The molecule has 0 bridgehead atoms. The molecule has 8 heteroatoms. The molecule has 0 amide bonds. The number of hydrogen-bond acceptors (Lipinski definition) is 5. The lowest BCUT2D eigenvalue weighted by molar-refractivity contribution is 0.0985. The Morgan fingerprint density at radius 3 is 2.69 bits per heavy atom. The second-order valence-corrected chi connectivity index (χ2v) is 9.23. The summed E-state index contributed by atoms with van der Waals surface area (Å²) in [6, 6.07) is 12.5. The number of fused-ring (bicyclic) bond motifs is 1. The van der Waals surface area contributed by atoms with Gasteiger partial charge in [-0.3, -0.25) is 0 Å². The number of ether oxygens (including phenoxy) is 1. The maximum Gasteiger partial charge on any atom is 0.269 e. The quantitative estimate of drug-likeness (QED) is 0.536. The Balaban J connectivity index is 1.87. The number of nitrogens with zero attached hydrogens (tertiary/aromatic N) is 3. The van der Waals surface area contributed by atoms with Crippen LogP contribution in [0, 0.1) is 3.57 Å². The largest absolute Gasteiger partial charge is 0.377 e. The van der Waals surface area contributed by atoms with Crippen molar-refractivity contribution in [3.05, 3.63) is 52.2 Å². The van der Waals surface area contributed by atoms with Crippen molar-refractivity contribution in [2.45, 2.75) is 17.9 Å². The van der Waals surface area contributed by atoms with Gasteiger partial charge < -0.3 is 9.64 Å². The van der Waals surface area contributed by atoms with Gasteiger partial charge in [-0.1, -0.05) is 18.2 Å². The molecule has 1 fully saturated rings. The maximum atomic E-state index is 13.1. The molecule has 0 N–H and O–H groups in total. The van der Waals surface area contributed by atoms with E-state index in [2.05, 4.69) is 34.4 Å². The summed E-state index contributed by atoms with van der Waals surface area (Å²) in [5.74, 6) is 0.771. The van der Waals surface area contributed by atoms with Crippen molar-refractivity contribution in [3.8, 4) is 0 Å². The molecular formula is C18H18IN3O3S. The molecule has 1 aliphatic rings. The standard InChI is InChI=1S/C18H18IN3O3S/c1-13-12-25-10-9-21(13)17-8-7-15-16(19)11-22(18(15)20-17)26(23,24)14-5-3-2-4-6-14/h2-8,11,13H,9-10,12H2,1H3/t13-/m0/s1. The van der Waals surface area contributed by atoms with Crippen LogP contribution in [-0.2, 0) is 14.8 Å². The van der Waals surface area contributed by atoms with Gasteiger partial charge in [0.2, 0.25) is 0 Å². The number of pyridine rings is 1. The van der Waals surface area contributed by atoms with E-state index in [1.807, 2.05) is 12.1 Å². The summed E-state index contributed by atoms with van der Waals surface area (Å²) in [4.78, 5) is 7.12. The first-order valence-electron chi connectivity index (χ1n) is 8.31. The van der Waals surface area contributed by atoms with E-state index in [4.69, 9.17) is 9.72 Å². The Bertz CT molecular complexity index is 1050. The third kappa shape index (κ3) is 2.99. The van der Waals surface area contributed by atoms with Crippen LogP contribution in [0.4, 0.5) is 5.82 Å². The molecule has 136 valence electrons. The van der Waals surface area contributed by atoms with Gasteiger partial charge in [-0.15, -0.1) is 0 Å². The highest BCUT2D eigenvalue weighted by molar-refractivity contribution is 14.1. The minimum Gasteiger partial charge on any atom is -0.377 e. The molecule has 4 rings (SSSR count). The molecular weight excluding hydrogens is 465 g/mol. The van der Waals surface area contributed by atoms with Gasteiger partial charge in [-0.25, -0.2) is 17.4 Å². The maximum absolute atomic E-state index is 13.1. The zero-order valence-electron chi connectivity index (χ0n) is 14.2. The highest BCUT2D eigenvalue weighted by Gasteiger charge is 2.24. The van der Waals surface area contributed by atoms with Crippen LogP contribution in [0.5, 0.6) is 0 Å². The van der Waals surface area contributed by atoms with Crippen molar-refractivity contribution in [2.75, 3.05) is 24.7 Å². The fourth-order valence-corrected chi connectivity index (χ4v) is 5.37. The number of morpholine rings is 1. The van der Waals surface area contributed by atoms with Gasteiger partial charge in [0.25, 0.3) is 10.0 Å². The normalized spacial score (nSPS) is 18.4. The minimum atomic E-state index is -3.70. The number of anilines is 1. The number of halogens is 1. The second-order valence-electron chi connectivity index (χ2n) is 6.25. The predicted octanol–water partition coefficient (Wildman–Crippen LogP) is 3.10. The summed E-state index contributed by atoms with van der Waals surface area (Å²) in [5.41, 5.74) is 0.453. The van der Waals surface area contributed by atoms with Gasteiger partial charge in [-0.2, -0.15) is 0 Å². The lowest BCUT2D eigenvalue weighted by atomic mass is 10.2. The van der Waals surface area contributed by atoms with E-state index < -0.39 is 10.0 Å². The SMILES string of the molecule is C[C@H]1COCCN1c1ccc2c(I)cn(S(=O)(=O)c3ccccc3)c2n1. The van der Waals surface area contributed by atoms with Crippen molar-refractivity contribution >= 4 is 49.5 Å². The third-order valence-electron chi connectivity index (χ3n) is 4.52. The van der Waals surface area contributed by atoms with E-state index in [0.717, 1.165) is 21.3 Å². The summed E-state index contributed by atoms with van der Waals surface area (Å²) in [7, 11) is -3.70. The lowest BCUT2D eigenvalue weighted by Gasteiger charge is -2.34. The van der Waals surface area contributed by atoms with Crippen LogP contribution in [0.15, 0.2) is 53.6 Å². The van der Waals surface area contributed by atoms with Gasteiger partial charge in [0.15, 0.2) is 5.65 Å². The highest BCUT2D eigenvalue weighted by Crippen LogP contribution is 2.29. The number of hydrogen-bond donors (Lipinski definition) is 0. The van der Waals surface area contributed by atoms with Gasteiger partial charge >= 0.3 is 0 Å². The van der Waals surface area contributed by atoms with Crippen molar-refractivity contribution in [2.24, 2.45) is 0 Å². The van der Waals surface area contributed by atoms with Gasteiger partial charge in [0.05, 0.1) is 24.2 Å². The summed E-state index contributed by atoms with van der Waals surface area (Å²) < 4.78 is 33.8.